The van der Waals surface area contributed by atoms with Crippen molar-refractivity contribution in [3.05, 3.63) is 102 Å². The third-order valence-electron chi connectivity index (χ3n) is 6.53. The van der Waals surface area contributed by atoms with Crippen LogP contribution in [0.2, 0.25) is 0 Å². The molecule has 1 amide bonds. The fourth-order valence-electron chi connectivity index (χ4n) is 4.58. The van der Waals surface area contributed by atoms with Crippen LogP contribution in [0.25, 0.3) is 10.8 Å². The maximum atomic E-state index is 13.0. The monoisotopic (exact) mass is 499 g/mol. The number of hydrogen-bond acceptors (Lipinski definition) is 4. The number of benzene rings is 4. The van der Waals surface area contributed by atoms with Crippen LogP contribution in [0, 0.1) is 0 Å². The van der Waals surface area contributed by atoms with Crippen LogP contribution in [0.5, 0.6) is 0 Å². The molecule has 4 aromatic rings. The number of fused-ring (bicyclic) bond motifs is 1. The normalized spacial score (nSPS) is 14.4. The van der Waals surface area contributed by atoms with E-state index in [1.165, 1.54) is 37.0 Å². The SMILES string of the molecule is O=C(Nc1ccc(S(=O)(=O)Nc2cccc3ccccc23)cc1)c1ccc(CN2CCCCC2)cc1. The van der Waals surface area contributed by atoms with E-state index >= 15 is 0 Å². The van der Waals surface area contributed by atoms with Crippen LogP contribution < -0.4 is 10.0 Å². The number of carbonyl (C=O) groups is 1. The molecular formula is C29H29N3O3S. The number of amides is 1. The number of sulfonamides is 1. The fourth-order valence-corrected chi connectivity index (χ4v) is 5.66. The van der Waals surface area contributed by atoms with Gasteiger partial charge in [0.25, 0.3) is 15.9 Å². The van der Waals surface area contributed by atoms with E-state index in [0.717, 1.165) is 30.4 Å². The lowest BCUT2D eigenvalue weighted by Crippen LogP contribution is -2.29. The van der Waals surface area contributed by atoms with E-state index in [1.807, 2.05) is 60.7 Å². The Labute approximate surface area is 212 Å². The van der Waals surface area contributed by atoms with E-state index in [0.29, 0.717) is 16.9 Å². The Balaban J connectivity index is 1.23. The van der Waals surface area contributed by atoms with Crippen molar-refractivity contribution >= 4 is 38.1 Å². The molecule has 0 aromatic heterocycles. The maximum absolute atomic E-state index is 13.0. The van der Waals surface area contributed by atoms with Crippen LogP contribution in [0.15, 0.2) is 95.9 Å². The van der Waals surface area contributed by atoms with Crippen LogP contribution in [0.3, 0.4) is 0 Å². The van der Waals surface area contributed by atoms with Gasteiger partial charge in [-0.05, 0) is 79.3 Å². The fraction of sp³-hybridized carbons (Fsp3) is 0.207. The van der Waals surface area contributed by atoms with Gasteiger partial charge in [-0.15, -0.1) is 0 Å². The summed E-state index contributed by atoms with van der Waals surface area (Å²) in [6.07, 6.45) is 3.81. The Morgan fingerprint density at radius 3 is 2.22 bits per heavy atom. The van der Waals surface area contributed by atoms with Gasteiger partial charge in [0.1, 0.15) is 0 Å². The summed E-state index contributed by atoms with van der Waals surface area (Å²) in [5.74, 6) is -0.232. The van der Waals surface area contributed by atoms with E-state index in [4.69, 9.17) is 0 Å². The molecule has 0 unspecified atom stereocenters. The molecule has 1 aliphatic heterocycles. The van der Waals surface area contributed by atoms with Crippen LogP contribution >= 0.6 is 0 Å². The van der Waals surface area contributed by atoms with Crippen LogP contribution in [-0.4, -0.2) is 32.3 Å². The van der Waals surface area contributed by atoms with Gasteiger partial charge in [0.15, 0.2) is 0 Å². The second-order valence-corrected chi connectivity index (χ2v) is 10.8. The van der Waals surface area contributed by atoms with Crippen molar-refractivity contribution in [2.45, 2.75) is 30.7 Å². The van der Waals surface area contributed by atoms with Crippen molar-refractivity contribution in [3.8, 4) is 0 Å². The first-order valence-corrected chi connectivity index (χ1v) is 13.7. The molecule has 1 fully saturated rings. The van der Waals surface area contributed by atoms with Gasteiger partial charge in [0.05, 0.1) is 10.6 Å². The smallest absolute Gasteiger partial charge is 0.261 e. The summed E-state index contributed by atoms with van der Waals surface area (Å²) in [6.45, 7) is 3.17. The quantitative estimate of drug-likeness (QED) is 0.333. The average molecular weight is 500 g/mol. The van der Waals surface area contributed by atoms with Crippen LogP contribution in [0.1, 0.15) is 35.2 Å². The summed E-state index contributed by atoms with van der Waals surface area (Å²) in [5.41, 5.74) is 2.81. The van der Waals surface area contributed by atoms with Crippen molar-refractivity contribution in [3.63, 3.8) is 0 Å². The lowest BCUT2D eigenvalue weighted by molar-refractivity contribution is 0.102. The molecule has 0 saturated carbocycles. The first-order chi connectivity index (χ1) is 17.5. The number of nitrogens with zero attached hydrogens (tertiary/aromatic N) is 1. The highest BCUT2D eigenvalue weighted by Crippen LogP contribution is 2.26. The highest BCUT2D eigenvalue weighted by atomic mass is 32.2. The minimum Gasteiger partial charge on any atom is -0.322 e. The molecule has 4 aromatic carbocycles. The van der Waals surface area contributed by atoms with E-state index in [2.05, 4.69) is 14.9 Å². The van der Waals surface area contributed by atoms with E-state index < -0.39 is 10.0 Å². The van der Waals surface area contributed by atoms with E-state index in [-0.39, 0.29) is 10.8 Å². The van der Waals surface area contributed by atoms with Gasteiger partial charge in [-0.2, -0.15) is 0 Å². The third-order valence-corrected chi connectivity index (χ3v) is 7.91. The number of piperidine rings is 1. The van der Waals surface area contributed by atoms with E-state index in [9.17, 15) is 13.2 Å². The zero-order valence-electron chi connectivity index (χ0n) is 20.0. The summed E-state index contributed by atoms with van der Waals surface area (Å²) < 4.78 is 28.6. The molecule has 36 heavy (non-hydrogen) atoms. The largest absolute Gasteiger partial charge is 0.322 e. The Morgan fingerprint density at radius 2 is 1.47 bits per heavy atom. The zero-order chi connectivity index (χ0) is 25.0. The Morgan fingerprint density at radius 1 is 0.778 bits per heavy atom. The third kappa shape index (κ3) is 5.58. The van der Waals surface area contributed by atoms with Crippen LogP contribution in [0.4, 0.5) is 11.4 Å². The molecule has 0 radical (unpaired) electrons. The lowest BCUT2D eigenvalue weighted by atomic mass is 10.1. The number of rotatable bonds is 7. The molecule has 6 nitrogen and oxygen atoms in total. The highest BCUT2D eigenvalue weighted by Gasteiger charge is 2.16. The van der Waals surface area contributed by atoms with Gasteiger partial charge in [-0.25, -0.2) is 8.42 Å². The van der Waals surface area contributed by atoms with Crippen molar-refractivity contribution in [2.75, 3.05) is 23.1 Å². The molecule has 0 aliphatic carbocycles. The second-order valence-electron chi connectivity index (χ2n) is 9.14. The molecule has 7 heteroatoms. The topological polar surface area (TPSA) is 78.5 Å². The molecule has 2 N–H and O–H groups in total. The highest BCUT2D eigenvalue weighted by molar-refractivity contribution is 7.92. The maximum Gasteiger partial charge on any atom is 0.261 e. The number of nitrogens with one attached hydrogen (secondary N) is 2. The van der Waals surface area contributed by atoms with Gasteiger partial charge in [0, 0.05) is 23.2 Å². The predicted octanol–water partition coefficient (Wildman–Crippen LogP) is 5.88. The number of likely N-dealkylation sites (tertiary alicyclic amines) is 1. The second kappa shape index (κ2) is 10.5. The average Bonchev–Trinajstić information content (AvgIpc) is 2.90. The Bertz CT molecular complexity index is 1450. The Hall–Kier alpha value is -3.68. The summed E-state index contributed by atoms with van der Waals surface area (Å²) in [4.78, 5) is 15.3. The minimum atomic E-state index is -3.79. The first-order valence-electron chi connectivity index (χ1n) is 12.2. The molecule has 0 atom stereocenters. The molecule has 0 bridgehead atoms. The number of carbonyl (C=O) groups excluding carboxylic acids is 1. The van der Waals surface area contributed by atoms with Crippen molar-refractivity contribution in [2.24, 2.45) is 0 Å². The summed E-state index contributed by atoms with van der Waals surface area (Å²) in [5, 5.41) is 4.63. The minimum absolute atomic E-state index is 0.121. The number of hydrogen-bond donors (Lipinski definition) is 2. The van der Waals surface area contributed by atoms with Crippen molar-refractivity contribution < 1.29 is 13.2 Å². The van der Waals surface area contributed by atoms with Gasteiger partial charge < -0.3 is 5.32 Å². The molecule has 184 valence electrons. The molecule has 1 saturated heterocycles. The standard InChI is InChI=1S/C29H29N3O3S/c33-29(24-13-11-22(12-14-24)21-32-19-4-1-5-20-32)30-25-15-17-26(18-16-25)36(34,35)31-28-10-6-8-23-7-2-3-9-27(23)28/h2-3,6-18,31H,1,4-5,19-21H2,(H,30,33). The van der Waals surface area contributed by atoms with E-state index in [1.54, 1.807) is 18.2 Å². The van der Waals surface area contributed by atoms with Crippen molar-refractivity contribution in [1.82, 2.24) is 4.90 Å². The first kappa shape index (κ1) is 24.0. The molecular weight excluding hydrogens is 470 g/mol. The molecule has 0 spiro atoms. The number of anilines is 2. The summed E-state index contributed by atoms with van der Waals surface area (Å²) in [7, 11) is -3.79. The zero-order valence-corrected chi connectivity index (χ0v) is 20.8. The van der Waals surface area contributed by atoms with Crippen LogP contribution in [-0.2, 0) is 16.6 Å². The van der Waals surface area contributed by atoms with Gasteiger partial charge in [0.2, 0.25) is 0 Å². The van der Waals surface area contributed by atoms with Gasteiger partial charge in [-0.1, -0.05) is 55.0 Å². The summed E-state index contributed by atoms with van der Waals surface area (Å²) in [6, 6.07) is 26.9. The predicted molar refractivity (Wildman–Crippen MR) is 145 cm³/mol. The van der Waals surface area contributed by atoms with Crippen molar-refractivity contribution in [1.29, 1.82) is 0 Å². The summed E-state index contributed by atoms with van der Waals surface area (Å²) >= 11 is 0. The lowest BCUT2D eigenvalue weighted by Gasteiger charge is -2.26. The molecule has 1 aliphatic rings. The Kier molecular flexibility index (Phi) is 7.02. The van der Waals surface area contributed by atoms with Gasteiger partial charge >= 0.3 is 0 Å². The molecule has 1 heterocycles. The molecule has 5 rings (SSSR count). The van der Waals surface area contributed by atoms with Gasteiger partial charge in [-0.3, -0.25) is 14.4 Å².